The Morgan fingerprint density at radius 1 is 0.882 bits per heavy atom. The molecule has 0 rings (SSSR count). The van der Waals surface area contributed by atoms with Gasteiger partial charge in [-0.1, -0.05) is 27.7 Å². The van der Waals surface area contributed by atoms with Gasteiger partial charge in [0.2, 0.25) is 11.8 Å². The van der Waals surface area contributed by atoms with Crippen LogP contribution in [0.25, 0.3) is 0 Å². The highest BCUT2D eigenvalue weighted by molar-refractivity contribution is 5.76. The Morgan fingerprint density at radius 3 is 1.41 bits per heavy atom. The summed E-state index contributed by atoms with van der Waals surface area (Å²) in [6.45, 7) is 7.91. The molecule has 0 aliphatic rings. The lowest BCUT2D eigenvalue weighted by molar-refractivity contribution is -0.124. The Morgan fingerprint density at radius 2 is 1.18 bits per heavy atom. The lowest BCUT2D eigenvalue weighted by Crippen LogP contribution is -2.38. The van der Waals surface area contributed by atoms with Crippen LogP contribution in [-0.2, 0) is 9.59 Å². The summed E-state index contributed by atoms with van der Waals surface area (Å²) in [5.41, 5.74) is 3.80. The van der Waals surface area contributed by atoms with Gasteiger partial charge in [-0.25, -0.2) is 11.7 Å². The molecular weight excluding hydrogens is 220 g/mol. The van der Waals surface area contributed by atoms with Gasteiger partial charge in [0.1, 0.15) is 0 Å². The number of nitrogens with one attached hydrogen (secondary N) is 2. The fraction of sp³-hybridized carbons (Fsp3) is 0.818. The van der Waals surface area contributed by atoms with Crippen molar-refractivity contribution in [3.8, 4) is 0 Å². The summed E-state index contributed by atoms with van der Waals surface area (Å²) in [4.78, 5) is 22.5. The standard InChI is InChI=1S/C11H24N4O2/c1-10(2,5-8(16)14-12)7-11(3,4)6-9(17)15-13/h5-7,12-13H2,1-4H3,(H,14,16)(H,15,17). The molecule has 6 heteroatoms. The third kappa shape index (κ3) is 6.91. The van der Waals surface area contributed by atoms with Crippen molar-refractivity contribution in [3.63, 3.8) is 0 Å². The highest BCUT2D eigenvalue weighted by atomic mass is 16.2. The Hall–Kier alpha value is -1.14. The molecule has 0 saturated carbocycles. The summed E-state index contributed by atoms with van der Waals surface area (Å²) in [6, 6.07) is 0. The van der Waals surface area contributed by atoms with Gasteiger partial charge in [0.05, 0.1) is 0 Å². The van der Waals surface area contributed by atoms with Crippen molar-refractivity contribution in [1.29, 1.82) is 0 Å². The van der Waals surface area contributed by atoms with Gasteiger partial charge in [-0.15, -0.1) is 0 Å². The maximum Gasteiger partial charge on any atom is 0.234 e. The van der Waals surface area contributed by atoms with Crippen molar-refractivity contribution < 1.29 is 9.59 Å². The van der Waals surface area contributed by atoms with Crippen molar-refractivity contribution in [1.82, 2.24) is 10.9 Å². The number of carbonyl (C=O) groups is 2. The zero-order valence-electron chi connectivity index (χ0n) is 11.1. The third-order valence-electron chi connectivity index (χ3n) is 2.56. The summed E-state index contributed by atoms with van der Waals surface area (Å²) in [5.74, 6) is 9.73. The first-order chi connectivity index (χ1) is 7.62. The van der Waals surface area contributed by atoms with Crippen LogP contribution >= 0.6 is 0 Å². The Bertz CT molecular complexity index is 259. The van der Waals surface area contributed by atoms with Gasteiger partial charge in [0.15, 0.2) is 0 Å². The van der Waals surface area contributed by atoms with Gasteiger partial charge in [0.25, 0.3) is 0 Å². The van der Waals surface area contributed by atoms with E-state index in [1.165, 1.54) is 0 Å². The first-order valence-electron chi connectivity index (χ1n) is 5.61. The molecule has 0 bridgehead atoms. The van der Waals surface area contributed by atoms with E-state index in [9.17, 15) is 9.59 Å². The monoisotopic (exact) mass is 244 g/mol. The molecule has 0 atom stereocenters. The fourth-order valence-electron chi connectivity index (χ4n) is 2.39. The van der Waals surface area contributed by atoms with Crippen LogP contribution in [0.15, 0.2) is 0 Å². The molecule has 0 aromatic rings. The smallest absolute Gasteiger partial charge is 0.234 e. The van der Waals surface area contributed by atoms with Crippen molar-refractivity contribution in [2.24, 2.45) is 22.5 Å². The Labute approximate surface area is 102 Å². The predicted octanol–water partition coefficient (Wildman–Crippen LogP) is 0.189. The number of amides is 2. The SMILES string of the molecule is CC(C)(CC(=O)NN)CC(C)(C)CC(=O)NN. The number of hydrogen-bond acceptors (Lipinski definition) is 4. The molecule has 0 saturated heterocycles. The Balaban J connectivity index is 4.46. The minimum atomic E-state index is -0.220. The van der Waals surface area contributed by atoms with Crippen LogP contribution in [0.2, 0.25) is 0 Å². The van der Waals surface area contributed by atoms with Gasteiger partial charge in [-0.3, -0.25) is 20.4 Å². The maximum atomic E-state index is 11.3. The molecule has 6 N–H and O–H groups in total. The molecule has 0 aromatic heterocycles. The molecule has 0 aliphatic carbocycles. The van der Waals surface area contributed by atoms with E-state index in [0.717, 1.165) is 6.42 Å². The first-order valence-corrected chi connectivity index (χ1v) is 5.61. The van der Waals surface area contributed by atoms with Crippen LogP contribution in [0.5, 0.6) is 0 Å². The summed E-state index contributed by atoms with van der Waals surface area (Å²) in [7, 11) is 0. The maximum absolute atomic E-state index is 11.3. The quantitative estimate of drug-likeness (QED) is 0.303. The number of rotatable bonds is 6. The molecule has 0 aromatic carbocycles. The van der Waals surface area contributed by atoms with E-state index in [1.807, 2.05) is 27.7 Å². The van der Waals surface area contributed by atoms with Crippen LogP contribution in [-0.4, -0.2) is 11.8 Å². The highest BCUT2D eigenvalue weighted by Gasteiger charge is 2.32. The van der Waals surface area contributed by atoms with Crippen LogP contribution in [0, 0.1) is 10.8 Å². The fourth-order valence-corrected chi connectivity index (χ4v) is 2.39. The second-order valence-corrected chi connectivity index (χ2v) is 5.99. The molecule has 17 heavy (non-hydrogen) atoms. The van der Waals surface area contributed by atoms with Crippen molar-refractivity contribution in [2.45, 2.75) is 47.0 Å². The average molecular weight is 244 g/mol. The molecular formula is C11H24N4O2. The van der Waals surface area contributed by atoms with E-state index in [-0.39, 0.29) is 22.6 Å². The van der Waals surface area contributed by atoms with E-state index >= 15 is 0 Å². The number of hydrogen-bond donors (Lipinski definition) is 4. The Kier molecular flexibility index (Phi) is 5.57. The van der Waals surface area contributed by atoms with E-state index in [4.69, 9.17) is 11.7 Å². The number of hydrazine groups is 2. The summed E-state index contributed by atoms with van der Waals surface area (Å²) >= 11 is 0. The van der Waals surface area contributed by atoms with Crippen LogP contribution in [0.4, 0.5) is 0 Å². The largest absolute Gasteiger partial charge is 0.294 e. The molecule has 0 radical (unpaired) electrons. The molecule has 6 nitrogen and oxygen atoms in total. The predicted molar refractivity (Wildman–Crippen MR) is 66.1 cm³/mol. The zero-order chi connectivity index (χ0) is 13.7. The zero-order valence-corrected chi connectivity index (χ0v) is 11.1. The number of carbonyl (C=O) groups excluding carboxylic acids is 2. The molecule has 0 unspecified atom stereocenters. The van der Waals surface area contributed by atoms with E-state index in [0.29, 0.717) is 12.8 Å². The molecule has 0 heterocycles. The molecule has 2 amide bonds. The molecule has 100 valence electrons. The molecule has 0 spiro atoms. The number of nitrogens with two attached hydrogens (primary N) is 2. The van der Waals surface area contributed by atoms with Crippen LogP contribution < -0.4 is 22.5 Å². The normalized spacial score (nSPS) is 12.1. The van der Waals surface area contributed by atoms with Gasteiger partial charge in [0, 0.05) is 12.8 Å². The topological polar surface area (TPSA) is 110 Å². The first kappa shape index (κ1) is 15.9. The van der Waals surface area contributed by atoms with E-state index in [2.05, 4.69) is 10.9 Å². The van der Waals surface area contributed by atoms with Crippen LogP contribution in [0.1, 0.15) is 47.0 Å². The van der Waals surface area contributed by atoms with Crippen molar-refractivity contribution in [3.05, 3.63) is 0 Å². The van der Waals surface area contributed by atoms with E-state index in [1.54, 1.807) is 0 Å². The molecule has 0 fully saturated rings. The minimum absolute atomic E-state index is 0.200. The van der Waals surface area contributed by atoms with Crippen LogP contribution in [0.3, 0.4) is 0 Å². The van der Waals surface area contributed by atoms with E-state index < -0.39 is 0 Å². The lowest BCUT2D eigenvalue weighted by atomic mass is 9.71. The second kappa shape index (κ2) is 5.97. The minimum Gasteiger partial charge on any atom is -0.294 e. The van der Waals surface area contributed by atoms with Gasteiger partial charge in [-0.05, 0) is 17.3 Å². The summed E-state index contributed by atoms with van der Waals surface area (Å²) in [6.07, 6.45) is 1.38. The van der Waals surface area contributed by atoms with Crippen molar-refractivity contribution in [2.75, 3.05) is 0 Å². The van der Waals surface area contributed by atoms with Crippen molar-refractivity contribution >= 4 is 11.8 Å². The third-order valence-corrected chi connectivity index (χ3v) is 2.56. The summed E-state index contributed by atoms with van der Waals surface area (Å²) in [5, 5.41) is 0. The lowest BCUT2D eigenvalue weighted by Gasteiger charge is -2.34. The molecule has 0 aliphatic heterocycles. The highest BCUT2D eigenvalue weighted by Crippen LogP contribution is 2.38. The second-order valence-electron chi connectivity index (χ2n) is 5.99. The van der Waals surface area contributed by atoms with Gasteiger partial charge < -0.3 is 0 Å². The average Bonchev–Trinajstić information content (AvgIpc) is 2.13. The van der Waals surface area contributed by atoms with Gasteiger partial charge >= 0.3 is 0 Å². The summed E-state index contributed by atoms with van der Waals surface area (Å²) < 4.78 is 0. The van der Waals surface area contributed by atoms with Gasteiger partial charge in [-0.2, -0.15) is 0 Å².